The number of alkyl halides is 3. The average molecular weight is 434 g/mol. The third-order valence-electron chi connectivity index (χ3n) is 3.98. The smallest absolute Gasteiger partial charge is 0.416 e. The Bertz CT molecular complexity index is 1110. The zero-order valence-corrected chi connectivity index (χ0v) is 15.8. The van der Waals surface area contributed by atoms with Gasteiger partial charge in [-0.25, -0.2) is 4.79 Å². The Balaban J connectivity index is 1.73. The predicted molar refractivity (Wildman–Crippen MR) is 105 cm³/mol. The maximum Gasteiger partial charge on any atom is 0.416 e. The molecule has 0 saturated heterocycles. The second kappa shape index (κ2) is 8.37. The van der Waals surface area contributed by atoms with E-state index >= 15 is 0 Å². The highest BCUT2D eigenvalue weighted by atomic mass is 32.1. The van der Waals surface area contributed by atoms with Gasteiger partial charge in [-0.15, -0.1) is 11.3 Å². The lowest BCUT2D eigenvalue weighted by Gasteiger charge is -2.09. The fraction of sp³-hybridized carbons (Fsp3) is 0.0500. The zero-order valence-electron chi connectivity index (χ0n) is 15.0. The van der Waals surface area contributed by atoms with E-state index in [-0.39, 0.29) is 27.4 Å². The van der Waals surface area contributed by atoms with Crippen LogP contribution in [0.5, 0.6) is 0 Å². The molecule has 6 nitrogen and oxygen atoms in total. The van der Waals surface area contributed by atoms with Crippen molar-refractivity contribution in [2.75, 3.05) is 10.6 Å². The minimum absolute atomic E-state index is 0.00285. The molecule has 0 spiro atoms. The number of anilines is 2. The first kappa shape index (κ1) is 21.1. The van der Waals surface area contributed by atoms with Crippen LogP contribution in [0.25, 0.3) is 0 Å². The van der Waals surface area contributed by atoms with Crippen LogP contribution < -0.4 is 10.6 Å². The van der Waals surface area contributed by atoms with Crippen LogP contribution in [0.2, 0.25) is 0 Å². The van der Waals surface area contributed by atoms with Crippen LogP contribution in [0.4, 0.5) is 23.9 Å². The van der Waals surface area contributed by atoms with Gasteiger partial charge in [0.1, 0.15) is 5.00 Å². The van der Waals surface area contributed by atoms with Gasteiger partial charge in [-0.2, -0.15) is 13.2 Å². The van der Waals surface area contributed by atoms with Crippen molar-refractivity contribution in [3.05, 3.63) is 82.2 Å². The van der Waals surface area contributed by atoms with Gasteiger partial charge in [-0.1, -0.05) is 6.07 Å². The van der Waals surface area contributed by atoms with Crippen LogP contribution in [0.15, 0.2) is 60.0 Å². The highest BCUT2D eigenvalue weighted by molar-refractivity contribution is 7.14. The van der Waals surface area contributed by atoms with Gasteiger partial charge in [0.2, 0.25) is 0 Å². The summed E-state index contributed by atoms with van der Waals surface area (Å²) < 4.78 is 37.9. The summed E-state index contributed by atoms with van der Waals surface area (Å²) in [5, 5.41) is 15.8. The summed E-state index contributed by atoms with van der Waals surface area (Å²) in [5.41, 5.74) is -0.503. The number of benzene rings is 2. The van der Waals surface area contributed by atoms with E-state index in [1.807, 2.05) is 0 Å². The van der Waals surface area contributed by atoms with Crippen molar-refractivity contribution in [3.8, 4) is 0 Å². The van der Waals surface area contributed by atoms with Crippen LogP contribution in [-0.4, -0.2) is 22.9 Å². The molecule has 3 N–H and O–H groups in total. The first-order valence-electron chi connectivity index (χ1n) is 8.36. The van der Waals surface area contributed by atoms with Crippen molar-refractivity contribution in [3.63, 3.8) is 0 Å². The monoisotopic (exact) mass is 434 g/mol. The number of carbonyl (C=O) groups is 3. The summed E-state index contributed by atoms with van der Waals surface area (Å²) in [7, 11) is 0. The predicted octanol–water partition coefficient (Wildman–Crippen LogP) is 4.97. The molecule has 1 heterocycles. The second-order valence-corrected chi connectivity index (χ2v) is 6.95. The molecule has 0 aliphatic heterocycles. The first-order chi connectivity index (χ1) is 14.1. The van der Waals surface area contributed by atoms with Crippen molar-refractivity contribution < 1.29 is 32.7 Å². The lowest BCUT2D eigenvalue weighted by atomic mass is 10.1. The van der Waals surface area contributed by atoms with Crippen LogP contribution in [0.3, 0.4) is 0 Å². The summed E-state index contributed by atoms with van der Waals surface area (Å²) in [6.45, 7) is 0. The molecule has 0 aliphatic carbocycles. The number of hydrogen-bond acceptors (Lipinski definition) is 4. The SMILES string of the molecule is O=C(O)c1cccc(NC(=O)c2ccsc2NC(=O)c2ccc(C(F)(F)F)cc2)c1. The van der Waals surface area contributed by atoms with Crippen molar-refractivity contribution in [1.82, 2.24) is 0 Å². The van der Waals surface area contributed by atoms with Crippen molar-refractivity contribution in [1.29, 1.82) is 0 Å². The van der Waals surface area contributed by atoms with E-state index in [0.29, 0.717) is 0 Å². The molecule has 30 heavy (non-hydrogen) atoms. The van der Waals surface area contributed by atoms with Crippen molar-refractivity contribution in [2.45, 2.75) is 6.18 Å². The molecular formula is C20H13F3N2O4S. The number of rotatable bonds is 5. The summed E-state index contributed by atoms with van der Waals surface area (Å²) in [6.07, 6.45) is -4.51. The number of nitrogens with one attached hydrogen (secondary N) is 2. The fourth-order valence-corrected chi connectivity index (χ4v) is 3.28. The van der Waals surface area contributed by atoms with Gasteiger partial charge in [0.25, 0.3) is 11.8 Å². The standard InChI is InChI=1S/C20H13F3N2O4S/c21-20(22,23)13-6-4-11(5-7-13)16(26)25-18-15(8-9-30-18)17(27)24-14-3-1-2-12(10-14)19(28)29/h1-10H,(H,24,27)(H,25,26)(H,28,29). The summed E-state index contributed by atoms with van der Waals surface area (Å²) in [5.74, 6) is -2.40. The van der Waals surface area contributed by atoms with Crippen LogP contribution in [0.1, 0.15) is 36.6 Å². The average Bonchev–Trinajstić information content (AvgIpc) is 3.16. The lowest BCUT2D eigenvalue weighted by molar-refractivity contribution is -0.137. The van der Waals surface area contributed by atoms with E-state index in [1.165, 1.54) is 30.3 Å². The van der Waals surface area contributed by atoms with Crippen molar-refractivity contribution >= 4 is 39.8 Å². The molecule has 0 bridgehead atoms. The molecule has 0 fully saturated rings. The molecule has 0 radical (unpaired) electrons. The summed E-state index contributed by atoms with van der Waals surface area (Å²) >= 11 is 1.06. The van der Waals surface area contributed by atoms with Gasteiger partial charge < -0.3 is 15.7 Å². The van der Waals surface area contributed by atoms with Crippen LogP contribution >= 0.6 is 11.3 Å². The van der Waals surface area contributed by atoms with Crippen molar-refractivity contribution in [2.24, 2.45) is 0 Å². The highest BCUT2D eigenvalue weighted by Gasteiger charge is 2.30. The lowest BCUT2D eigenvalue weighted by Crippen LogP contribution is -2.17. The van der Waals surface area contributed by atoms with E-state index < -0.39 is 29.5 Å². The number of hydrogen-bond donors (Lipinski definition) is 3. The summed E-state index contributed by atoms with van der Waals surface area (Å²) in [4.78, 5) is 35.9. The Morgan fingerprint density at radius 1 is 0.867 bits per heavy atom. The molecule has 0 saturated carbocycles. The molecule has 10 heteroatoms. The van der Waals surface area contributed by atoms with Gasteiger partial charge >= 0.3 is 12.1 Å². The Morgan fingerprint density at radius 3 is 2.20 bits per heavy atom. The minimum Gasteiger partial charge on any atom is -0.478 e. The number of thiophene rings is 1. The molecule has 3 rings (SSSR count). The molecule has 2 aromatic carbocycles. The number of carboxylic acids is 1. The Hall–Kier alpha value is -3.66. The maximum absolute atomic E-state index is 12.6. The fourth-order valence-electron chi connectivity index (χ4n) is 2.50. The largest absolute Gasteiger partial charge is 0.478 e. The zero-order chi connectivity index (χ0) is 21.9. The Kier molecular flexibility index (Phi) is 5.88. The third-order valence-corrected chi connectivity index (χ3v) is 4.81. The molecule has 3 aromatic rings. The minimum atomic E-state index is -4.51. The van der Waals surface area contributed by atoms with Gasteiger partial charge in [0, 0.05) is 11.3 Å². The Morgan fingerprint density at radius 2 is 1.57 bits per heavy atom. The number of carbonyl (C=O) groups excluding carboxylic acids is 2. The molecule has 1 aromatic heterocycles. The van der Waals surface area contributed by atoms with E-state index in [0.717, 1.165) is 35.6 Å². The molecule has 2 amide bonds. The van der Waals surface area contributed by atoms with Gasteiger partial charge in [-0.3, -0.25) is 9.59 Å². The number of aromatic carboxylic acids is 1. The highest BCUT2D eigenvalue weighted by Crippen LogP contribution is 2.30. The number of carboxylic acid groups (broad SMARTS) is 1. The molecule has 0 atom stereocenters. The third kappa shape index (κ3) is 4.84. The van der Waals surface area contributed by atoms with Crippen LogP contribution in [0, 0.1) is 0 Å². The van der Waals surface area contributed by atoms with E-state index in [9.17, 15) is 27.6 Å². The van der Waals surface area contributed by atoms with Gasteiger partial charge in [0.05, 0.1) is 16.7 Å². The second-order valence-electron chi connectivity index (χ2n) is 6.03. The summed E-state index contributed by atoms with van der Waals surface area (Å²) in [6, 6.07) is 10.8. The normalized spacial score (nSPS) is 11.0. The van der Waals surface area contributed by atoms with Gasteiger partial charge in [0.15, 0.2) is 0 Å². The van der Waals surface area contributed by atoms with E-state index in [4.69, 9.17) is 5.11 Å². The molecular weight excluding hydrogens is 421 g/mol. The number of amides is 2. The van der Waals surface area contributed by atoms with Crippen LogP contribution in [-0.2, 0) is 6.18 Å². The molecule has 0 aliphatic rings. The van der Waals surface area contributed by atoms with Gasteiger partial charge in [-0.05, 0) is 53.9 Å². The Labute approximate surface area is 172 Å². The first-order valence-corrected chi connectivity index (χ1v) is 9.24. The number of halogens is 3. The quantitative estimate of drug-likeness (QED) is 0.528. The molecule has 0 unspecified atom stereocenters. The topological polar surface area (TPSA) is 95.5 Å². The maximum atomic E-state index is 12.6. The molecule has 154 valence electrons. The van der Waals surface area contributed by atoms with E-state index in [2.05, 4.69) is 10.6 Å². The van der Waals surface area contributed by atoms with E-state index in [1.54, 1.807) is 5.38 Å².